The summed E-state index contributed by atoms with van der Waals surface area (Å²) >= 11 is 0. The van der Waals surface area contributed by atoms with Gasteiger partial charge in [-0.2, -0.15) is 13.2 Å². The van der Waals surface area contributed by atoms with Crippen LogP contribution in [0.4, 0.5) is 13.2 Å². The number of hydrogen-bond acceptors (Lipinski definition) is 1. The minimum atomic E-state index is -4.16. The third-order valence-electron chi connectivity index (χ3n) is 0.963. The lowest BCUT2D eigenvalue weighted by molar-refractivity contribution is -0.145. The van der Waals surface area contributed by atoms with Crippen LogP contribution < -0.4 is 0 Å². The fourth-order valence-corrected chi connectivity index (χ4v) is 0.451. The summed E-state index contributed by atoms with van der Waals surface area (Å²) in [4.78, 5) is 0. The Labute approximate surface area is 63.0 Å². The quantitative estimate of drug-likeness (QED) is 0.579. The lowest BCUT2D eigenvalue weighted by Gasteiger charge is -2.05. The normalized spacial score (nSPS) is 12.0. The van der Waals surface area contributed by atoms with Crippen molar-refractivity contribution in [1.82, 2.24) is 0 Å². The Morgan fingerprint density at radius 2 is 1.82 bits per heavy atom. The van der Waals surface area contributed by atoms with Crippen LogP contribution >= 0.6 is 0 Å². The molecule has 0 aliphatic heterocycles. The van der Waals surface area contributed by atoms with Gasteiger partial charge in [-0.05, 0) is 6.42 Å². The van der Waals surface area contributed by atoms with E-state index in [0.717, 1.165) is 0 Å². The van der Waals surface area contributed by atoms with Crippen molar-refractivity contribution in [1.29, 1.82) is 0 Å². The molecule has 5 heteroatoms. The van der Waals surface area contributed by atoms with E-state index in [9.17, 15) is 18.3 Å². The van der Waals surface area contributed by atoms with Crippen molar-refractivity contribution < 1.29 is 23.0 Å². The van der Waals surface area contributed by atoms with E-state index in [4.69, 9.17) is 0 Å². The van der Waals surface area contributed by atoms with Gasteiger partial charge in [0.25, 0.3) is 0 Å². The molecule has 0 aromatic heterocycles. The highest BCUT2D eigenvalue weighted by Crippen LogP contribution is 2.18. The molecule has 0 saturated heterocycles. The van der Waals surface area contributed by atoms with E-state index in [0.29, 0.717) is 0 Å². The highest BCUT2D eigenvalue weighted by Gasteiger charge is 2.26. The summed E-state index contributed by atoms with van der Waals surface area (Å²) < 4.78 is 38.8. The predicted molar refractivity (Wildman–Crippen MR) is 31.7 cm³/mol. The van der Waals surface area contributed by atoms with Crippen LogP contribution in [0.15, 0.2) is 0 Å². The second-order valence-corrected chi connectivity index (χ2v) is 2.04. The fraction of sp³-hybridized carbons (Fsp3) is 1.00. The molecule has 0 saturated carbocycles. The summed E-state index contributed by atoms with van der Waals surface area (Å²) in [5.41, 5.74) is 0. The monoisotopic (exact) mass is 171 g/mol. The molecular formula is C6H10F3O2. The Balaban J connectivity index is 3.02. The van der Waals surface area contributed by atoms with E-state index in [1.54, 1.807) is 0 Å². The molecule has 1 radical (unpaired) electrons. The van der Waals surface area contributed by atoms with E-state index in [-0.39, 0.29) is 26.2 Å². The molecule has 0 fully saturated rings. The first-order valence-electron chi connectivity index (χ1n) is 3.29. The van der Waals surface area contributed by atoms with E-state index in [1.165, 1.54) is 0 Å². The average Bonchev–Trinajstić information content (AvgIpc) is 1.85. The van der Waals surface area contributed by atoms with Gasteiger partial charge in [0.15, 0.2) is 0 Å². The predicted octanol–water partition coefficient (Wildman–Crippen LogP) is 1.78. The maximum Gasteiger partial charge on any atom is 0.391 e. The van der Waals surface area contributed by atoms with Crippen LogP contribution in [-0.2, 0) is 9.84 Å². The molecule has 0 aliphatic rings. The number of hydrogen-bond donors (Lipinski definition) is 0. The maximum atomic E-state index is 11.4. The summed E-state index contributed by atoms with van der Waals surface area (Å²) in [5.74, 6) is 0. The fourth-order valence-electron chi connectivity index (χ4n) is 0.451. The molecular weight excluding hydrogens is 161 g/mol. The van der Waals surface area contributed by atoms with Gasteiger partial charge in [-0.25, -0.2) is 5.11 Å². The Kier molecular flexibility index (Phi) is 5.23. The Morgan fingerprint density at radius 1 is 1.18 bits per heavy atom. The molecule has 0 N–H and O–H groups in total. The molecule has 0 aliphatic carbocycles. The van der Waals surface area contributed by atoms with Crippen molar-refractivity contribution in [3.05, 3.63) is 0 Å². The van der Waals surface area contributed by atoms with Crippen LogP contribution in [-0.4, -0.2) is 26.0 Å². The zero-order valence-corrected chi connectivity index (χ0v) is 5.99. The Bertz CT molecular complexity index is 92.3. The van der Waals surface area contributed by atoms with Gasteiger partial charge < -0.3 is 4.74 Å². The van der Waals surface area contributed by atoms with Crippen LogP contribution in [0.5, 0.6) is 0 Å². The number of ether oxygens (including phenoxy) is 1. The number of alkyl halides is 3. The molecule has 0 spiro atoms. The van der Waals surface area contributed by atoms with Gasteiger partial charge in [-0.1, -0.05) is 0 Å². The number of rotatable bonds is 5. The van der Waals surface area contributed by atoms with Crippen molar-refractivity contribution in [2.75, 3.05) is 19.8 Å². The third-order valence-corrected chi connectivity index (χ3v) is 0.963. The molecule has 67 valence electrons. The summed E-state index contributed by atoms with van der Waals surface area (Å²) in [6, 6.07) is 0. The van der Waals surface area contributed by atoms with Gasteiger partial charge >= 0.3 is 6.18 Å². The van der Waals surface area contributed by atoms with Gasteiger partial charge in [0, 0.05) is 6.61 Å². The van der Waals surface area contributed by atoms with Crippen LogP contribution in [0.25, 0.3) is 0 Å². The highest BCUT2D eigenvalue weighted by atomic mass is 19.4. The minimum absolute atomic E-state index is 0.125. The minimum Gasteiger partial charge on any atom is -0.381 e. The molecule has 0 aromatic rings. The first kappa shape index (κ1) is 10.7. The van der Waals surface area contributed by atoms with Crippen LogP contribution in [0.2, 0.25) is 0 Å². The van der Waals surface area contributed by atoms with Gasteiger partial charge in [0.1, 0.15) is 0 Å². The SMILES string of the molecule is [O]CCCOCCC(F)(F)F. The summed E-state index contributed by atoms with van der Waals surface area (Å²) in [7, 11) is 0. The van der Waals surface area contributed by atoms with Crippen molar-refractivity contribution in [2.45, 2.75) is 19.0 Å². The number of halogens is 3. The molecule has 0 heterocycles. The summed E-state index contributed by atoms with van der Waals surface area (Å²) in [5, 5.41) is 9.79. The van der Waals surface area contributed by atoms with Gasteiger partial charge in [0.05, 0.1) is 19.6 Å². The Morgan fingerprint density at radius 3 is 2.27 bits per heavy atom. The van der Waals surface area contributed by atoms with Crippen LogP contribution in [0, 0.1) is 0 Å². The summed E-state index contributed by atoms with van der Waals surface area (Å²) in [6.07, 6.45) is -4.82. The zero-order chi connectivity index (χ0) is 8.74. The second-order valence-electron chi connectivity index (χ2n) is 2.04. The van der Waals surface area contributed by atoms with Crippen LogP contribution in [0.1, 0.15) is 12.8 Å². The van der Waals surface area contributed by atoms with E-state index < -0.39 is 12.6 Å². The lowest BCUT2D eigenvalue weighted by atomic mass is 10.4. The van der Waals surface area contributed by atoms with Crippen molar-refractivity contribution in [3.8, 4) is 0 Å². The van der Waals surface area contributed by atoms with E-state index in [2.05, 4.69) is 4.74 Å². The molecule has 2 nitrogen and oxygen atoms in total. The topological polar surface area (TPSA) is 29.1 Å². The first-order chi connectivity index (χ1) is 5.06. The molecule has 0 bridgehead atoms. The van der Waals surface area contributed by atoms with Crippen molar-refractivity contribution in [3.63, 3.8) is 0 Å². The summed E-state index contributed by atoms with van der Waals surface area (Å²) in [6.45, 7) is -0.519. The molecule has 11 heavy (non-hydrogen) atoms. The standard InChI is InChI=1S/C6H10F3O2/c7-6(8,9)2-5-11-4-1-3-10/h1-5H2. The molecule has 0 atom stereocenters. The van der Waals surface area contributed by atoms with Crippen LogP contribution in [0.3, 0.4) is 0 Å². The van der Waals surface area contributed by atoms with E-state index >= 15 is 0 Å². The largest absolute Gasteiger partial charge is 0.391 e. The second kappa shape index (κ2) is 5.37. The van der Waals surface area contributed by atoms with E-state index in [1.807, 2.05) is 0 Å². The van der Waals surface area contributed by atoms with Crippen molar-refractivity contribution in [2.24, 2.45) is 0 Å². The molecule has 0 amide bonds. The van der Waals surface area contributed by atoms with Crippen molar-refractivity contribution >= 4 is 0 Å². The van der Waals surface area contributed by atoms with Gasteiger partial charge in [-0.15, -0.1) is 0 Å². The lowest BCUT2D eigenvalue weighted by Crippen LogP contribution is -2.12. The molecule has 0 unspecified atom stereocenters. The first-order valence-corrected chi connectivity index (χ1v) is 3.29. The Hall–Kier alpha value is -0.290. The third kappa shape index (κ3) is 9.71. The smallest absolute Gasteiger partial charge is 0.381 e. The van der Waals surface area contributed by atoms with Gasteiger partial charge in [0.2, 0.25) is 0 Å². The highest BCUT2D eigenvalue weighted by molar-refractivity contribution is 4.47. The average molecular weight is 171 g/mol. The molecule has 0 aromatic carbocycles. The molecule has 0 rings (SSSR count). The zero-order valence-electron chi connectivity index (χ0n) is 5.99. The maximum absolute atomic E-state index is 11.4. The van der Waals surface area contributed by atoms with Gasteiger partial charge in [-0.3, -0.25) is 0 Å².